The first-order valence-corrected chi connectivity index (χ1v) is 6.75. The van der Waals surface area contributed by atoms with Gasteiger partial charge in [0.15, 0.2) is 11.0 Å². The molecular weight excluding hydrogens is 284 g/mol. The van der Waals surface area contributed by atoms with E-state index >= 15 is 0 Å². The van der Waals surface area contributed by atoms with Crippen molar-refractivity contribution in [3.05, 3.63) is 45.0 Å². The van der Waals surface area contributed by atoms with Gasteiger partial charge >= 0.3 is 0 Å². The Morgan fingerprint density at radius 2 is 2.32 bits per heavy atom. The van der Waals surface area contributed by atoms with Gasteiger partial charge in [0.2, 0.25) is 0 Å². The molecular formula is C13H11ClN2O2S. The summed E-state index contributed by atoms with van der Waals surface area (Å²) in [6, 6.07) is 4.96. The summed E-state index contributed by atoms with van der Waals surface area (Å²) >= 11 is 7.14. The van der Waals surface area contributed by atoms with E-state index in [1.165, 1.54) is 23.5 Å². The number of halogens is 1. The highest BCUT2D eigenvalue weighted by Gasteiger charge is 2.11. The second kappa shape index (κ2) is 6.43. The van der Waals surface area contributed by atoms with Crippen molar-refractivity contribution >= 4 is 28.8 Å². The highest BCUT2D eigenvalue weighted by Crippen LogP contribution is 2.16. The van der Waals surface area contributed by atoms with E-state index in [9.17, 15) is 4.79 Å². The van der Waals surface area contributed by atoms with E-state index in [0.717, 1.165) is 10.4 Å². The third kappa shape index (κ3) is 3.61. The summed E-state index contributed by atoms with van der Waals surface area (Å²) in [4.78, 5) is 12.7. The molecule has 0 unspecified atom stereocenters. The van der Waals surface area contributed by atoms with Crippen molar-refractivity contribution in [3.8, 4) is 11.8 Å². The number of carbonyl (C=O) groups is 1. The topological polar surface area (TPSA) is 68.3 Å². The van der Waals surface area contributed by atoms with E-state index < -0.39 is 0 Å². The van der Waals surface area contributed by atoms with Gasteiger partial charge in [-0.1, -0.05) is 11.8 Å². The summed E-state index contributed by atoms with van der Waals surface area (Å²) in [7, 11) is 0. The van der Waals surface area contributed by atoms with Crippen LogP contribution in [0, 0.1) is 11.8 Å². The number of amides is 1. The van der Waals surface area contributed by atoms with Gasteiger partial charge in [0, 0.05) is 10.4 Å². The number of hydrogen-bond acceptors (Lipinski definition) is 4. The van der Waals surface area contributed by atoms with Crippen LogP contribution in [0.15, 0.2) is 28.0 Å². The van der Waals surface area contributed by atoms with Crippen LogP contribution in [0.2, 0.25) is 5.22 Å². The molecule has 6 heteroatoms. The maximum atomic E-state index is 11.8. The molecule has 0 bridgehead atoms. The Morgan fingerprint density at radius 3 is 3.00 bits per heavy atom. The van der Waals surface area contributed by atoms with Crippen molar-refractivity contribution in [2.75, 3.05) is 6.54 Å². The van der Waals surface area contributed by atoms with Gasteiger partial charge in [-0.3, -0.25) is 4.79 Å². The maximum Gasteiger partial charge on any atom is 0.287 e. The molecule has 0 radical (unpaired) electrons. The second-order valence-corrected chi connectivity index (χ2v) is 4.92. The number of thiophene rings is 1. The fourth-order valence-electron chi connectivity index (χ4n) is 1.42. The SMILES string of the molecule is NCC#Cc1ccsc1CNC(=O)c1ccc(Cl)o1. The molecule has 0 fully saturated rings. The minimum absolute atomic E-state index is 0.191. The quantitative estimate of drug-likeness (QED) is 0.853. The summed E-state index contributed by atoms with van der Waals surface area (Å²) < 4.78 is 5.02. The van der Waals surface area contributed by atoms with Crippen molar-refractivity contribution in [2.45, 2.75) is 6.54 Å². The van der Waals surface area contributed by atoms with Crippen molar-refractivity contribution in [3.63, 3.8) is 0 Å². The van der Waals surface area contributed by atoms with Crippen LogP contribution >= 0.6 is 22.9 Å². The molecule has 98 valence electrons. The van der Waals surface area contributed by atoms with Crippen LogP contribution in [0.4, 0.5) is 0 Å². The van der Waals surface area contributed by atoms with Crippen molar-refractivity contribution < 1.29 is 9.21 Å². The van der Waals surface area contributed by atoms with Crippen LogP contribution in [-0.4, -0.2) is 12.5 Å². The van der Waals surface area contributed by atoms with Gasteiger partial charge < -0.3 is 15.5 Å². The van der Waals surface area contributed by atoms with Gasteiger partial charge in [-0.2, -0.15) is 0 Å². The molecule has 19 heavy (non-hydrogen) atoms. The lowest BCUT2D eigenvalue weighted by Crippen LogP contribution is -2.22. The van der Waals surface area contributed by atoms with E-state index in [1.54, 1.807) is 0 Å². The van der Waals surface area contributed by atoms with Crippen molar-refractivity contribution in [2.24, 2.45) is 5.73 Å². The number of furan rings is 1. The zero-order valence-corrected chi connectivity index (χ0v) is 11.5. The maximum absolute atomic E-state index is 11.8. The molecule has 1 amide bonds. The molecule has 0 saturated heterocycles. The van der Waals surface area contributed by atoms with Gasteiger partial charge in [-0.05, 0) is 35.2 Å². The second-order valence-electron chi connectivity index (χ2n) is 3.55. The number of nitrogens with one attached hydrogen (secondary N) is 1. The molecule has 0 saturated carbocycles. The van der Waals surface area contributed by atoms with Crippen LogP contribution in [0.3, 0.4) is 0 Å². The number of nitrogens with two attached hydrogens (primary N) is 1. The zero-order chi connectivity index (χ0) is 13.7. The summed E-state index contributed by atoms with van der Waals surface area (Å²) in [6.45, 7) is 0.704. The molecule has 0 aliphatic carbocycles. The number of carbonyl (C=O) groups excluding carboxylic acids is 1. The zero-order valence-electron chi connectivity index (χ0n) is 9.90. The summed E-state index contributed by atoms with van der Waals surface area (Å²) in [5.41, 5.74) is 6.21. The monoisotopic (exact) mass is 294 g/mol. The fraction of sp³-hybridized carbons (Fsp3) is 0.154. The van der Waals surface area contributed by atoms with Crippen molar-refractivity contribution in [1.29, 1.82) is 0 Å². The lowest BCUT2D eigenvalue weighted by atomic mass is 10.2. The first kappa shape index (κ1) is 13.7. The Hall–Kier alpha value is -1.74. The van der Waals surface area contributed by atoms with Gasteiger partial charge in [-0.15, -0.1) is 11.3 Å². The fourth-order valence-corrected chi connectivity index (χ4v) is 2.34. The summed E-state index contributed by atoms with van der Waals surface area (Å²) in [5, 5.41) is 4.86. The van der Waals surface area contributed by atoms with Gasteiger partial charge in [0.05, 0.1) is 13.1 Å². The Morgan fingerprint density at radius 1 is 1.47 bits per heavy atom. The normalized spacial score (nSPS) is 9.79. The molecule has 0 aromatic carbocycles. The molecule has 4 nitrogen and oxygen atoms in total. The van der Waals surface area contributed by atoms with Crippen LogP contribution in [-0.2, 0) is 6.54 Å². The summed E-state index contributed by atoms with van der Waals surface area (Å²) in [5.74, 6) is 5.63. The molecule has 2 aromatic heterocycles. The Labute approximate surface area is 119 Å². The third-order valence-corrected chi connectivity index (χ3v) is 3.40. The van der Waals surface area contributed by atoms with Gasteiger partial charge in [-0.25, -0.2) is 0 Å². The van der Waals surface area contributed by atoms with Gasteiger partial charge in [0.1, 0.15) is 0 Å². The minimum atomic E-state index is -0.307. The predicted octanol–water partition coefficient (Wildman–Crippen LogP) is 2.23. The van der Waals surface area contributed by atoms with Crippen LogP contribution in [0.25, 0.3) is 0 Å². The molecule has 2 heterocycles. The largest absolute Gasteiger partial charge is 0.440 e. The molecule has 2 aromatic rings. The third-order valence-electron chi connectivity index (χ3n) is 2.28. The molecule has 2 rings (SSSR count). The first-order chi connectivity index (χ1) is 9.20. The van der Waals surface area contributed by atoms with Gasteiger partial charge in [0.25, 0.3) is 5.91 Å². The lowest BCUT2D eigenvalue weighted by molar-refractivity contribution is 0.0923. The van der Waals surface area contributed by atoms with E-state index in [-0.39, 0.29) is 16.9 Å². The average molecular weight is 295 g/mol. The number of hydrogen-bond donors (Lipinski definition) is 2. The molecule has 0 aliphatic rings. The van der Waals surface area contributed by atoms with Crippen molar-refractivity contribution in [1.82, 2.24) is 5.32 Å². The van der Waals surface area contributed by atoms with E-state index in [4.69, 9.17) is 21.8 Å². The minimum Gasteiger partial charge on any atom is -0.440 e. The van der Waals surface area contributed by atoms with E-state index in [1.807, 2.05) is 11.4 Å². The smallest absolute Gasteiger partial charge is 0.287 e. The van der Waals surface area contributed by atoms with Crippen LogP contribution < -0.4 is 11.1 Å². The Balaban J connectivity index is 1.99. The van der Waals surface area contributed by atoms with E-state index in [0.29, 0.717) is 13.1 Å². The number of rotatable bonds is 3. The van der Waals surface area contributed by atoms with E-state index in [2.05, 4.69) is 17.2 Å². The Kier molecular flexibility index (Phi) is 4.63. The molecule has 0 spiro atoms. The van der Waals surface area contributed by atoms with Crippen LogP contribution in [0.1, 0.15) is 21.0 Å². The first-order valence-electron chi connectivity index (χ1n) is 5.49. The Bertz CT molecular complexity index is 636. The standard InChI is InChI=1S/C13H11ClN2O2S/c14-12-4-3-10(18-12)13(17)16-8-11-9(2-1-6-15)5-7-19-11/h3-5,7H,6,8,15H2,(H,16,17). The summed E-state index contributed by atoms with van der Waals surface area (Å²) in [6.07, 6.45) is 0. The average Bonchev–Trinajstić information content (AvgIpc) is 3.02. The molecule has 0 aliphatic heterocycles. The lowest BCUT2D eigenvalue weighted by Gasteiger charge is -2.01. The van der Waals surface area contributed by atoms with Crippen LogP contribution in [0.5, 0.6) is 0 Å². The molecule has 0 atom stereocenters. The highest BCUT2D eigenvalue weighted by atomic mass is 35.5. The highest BCUT2D eigenvalue weighted by molar-refractivity contribution is 7.10. The predicted molar refractivity (Wildman–Crippen MR) is 75.1 cm³/mol. The molecule has 3 N–H and O–H groups in total.